The molecule has 0 aliphatic carbocycles. The average molecular weight is 275 g/mol. The monoisotopic (exact) mass is 275 g/mol. The van der Waals surface area contributed by atoms with Gasteiger partial charge < -0.3 is 10.5 Å². The van der Waals surface area contributed by atoms with Gasteiger partial charge in [0.2, 0.25) is 0 Å². The van der Waals surface area contributed by atoms with Crippen LogP contribution in [0.4, 0.5) is 8.78 Å². The molecule has 0 saturated heterocycles. The molecule has 1 heterocycles. The first kappa shape index (κ1) is 13.1. The smallest absolute Gasteiger partial charge is 0.134 e. The fourth-order valence-electron chi connectivity index (χ4n) is 2.53. The fourth-order valence-corrected chi connectivity index (χ4v) is 2.53. The molecule has 2 aromatic carbocycles. The minimum Gasteiger partial charge on any atom is -0.493 e. The molecule has 1 aliphatic heterocycles. The Bertz CT molecular complexity index is 670. The van der Waals surface area contributed by atoms with E-state index in [0.29, 0.717) is 17.7 Å². The van der Waals surface area contributed by atoms with Gasteiger partial charge in [-0.2, -0.15) is 0 Å². The maximum absolute atomic E-state index is 14.1. The van der Waals surface area contributed by atoms with Crippen molar-refractivity contribution >= 4 is 0 Å². The van der Waals surface area contributed by atoms with Gasteiger partial charge in [0.05, 0.1) is 12.6 Å². The summed E-state index contributed by atoms with van der Waals surface area (Å²) in [5.74, 6) is -0.363. The molecular formula is C16H15F2NO. The summed E-state index contributed by atoms with van der Waals surface area (Å²) in [4.78, 5) is 0. The van der Waals surface area contributed by atoms with E-state index in [1.54, 1.807) is 13.0 Å². The standard InChI is InChI=1S/C16H15F2NO/c1-9-2-4-12(17)14(15(9)18)16(19)11-3-5-13-10(8-11)6-7-20-13/h2-5,8,16H,6-7,19H2,1H3. The van der Waals surface area contributed by atoms with E-state index in [9.17, 15) is 8.78 Å². The van der Waals surface area contributed by atoms with Gasteiger partial charge in [0.1, 0.15) is 17.4 Å². The van der Waals surface area contributed by atoms with E-state index in [2.05, 4.69) is 0 Å². The highest BCUT2D eigenvalue weighted by Gasteiger charge is 2.22. The molecule has 2 aromatic rings. The Morgan fingerprint density at radius 3 is 2.80 bits per heavy atom. The summed E-state index contributed by atoms with van der Waals surface area (Å²) in [7, 11) is 0. The third-order valence-corrected chi connectivity index (χ3v) is 3.70. The van der Waals surface area contributed by atoms with Crippen LogP contribution in [-0.4, -0.2) is 6.61 Å². The molecule has 1 aliphatic rings. The maximum Gasteiger partial charge on any atom is 0.134 e. The lowest BCUT2D eigenvalue weighted by atomic mass is 9.95. The van der Waals surface area contributed by atoms with E-state index in [1.165, 1.54) is 12.1 Å². The van der Waals surface area contributed by atoms with Crippen molar-refractivity contribution in [2.45, 2.75) is 19.4 Å². The first-order chi connectivity index (χ1) is 9.58. The lowest BCUT2D eigenvalue weighted by Crippen LogP contribution is -2.16. The number of ether oxygens (including phenoxy) is 1. The van der Waals surface area contributed by atoms with Crippen LogP contribution in [0.3, 0.4) is 0 Å². The van der Waals surface area contributed by atoms with Gasteiger partial charge in [-0.3, -0.25) is 0 Å². The second kappa shape index (κ2) is 4.87. The highest BCUT2D eigenvalue weighted by molar-refractivity contribution is 5.44. The molecule has 1 unspecified atom stereocenters. The first-order valence-corrected chi connectivity index (χ1v) is 6.53. The van der Waals surface area contributed by atoms with Crippen LogP contribution in [0.1, 0.15) is 28.3 Å². The van der Waals surface area contributed by atoms with Crippen LogP contribution in [0.15, 0.2) is 30.3 Å². The van der Waals surface area contributed by atoms with E-state index in [0.717, 1.165) is 17.7 Å². The second-order valence-electron chi connectivity index (χ2n) is 5.04. The molecule has 2 nitrogen and oxygen atoms in total. The Kier molecular flexibility index (Phi) is 3.18. The fraction of sp³-hybridized carbons (Fsp3) is 0.250. The number of nitrogens with two attached hydrogens (primary N) is 1. The molecule has 0 saturated carbocycles. The summed E-state index contributed by atoms with van der Waals surface area (Å²) >= 11 is 0. The van der Waals surface area contributed by atoms with Gasteiger partial charge in [-0.05, 0) is 35.7 Å². The van der Waals surface area contributed by atoms with Crippen molar-refractivity contribution in [2.75, 3.05) is 6.61 Å². The highest BCUT2D eigenvalue weighted by Crippen LogP contribution is 2.31. The quantitative estimate of drug-likeness (QED) is 0.913. The minimum atomic E-state index is -0.819. The molecule has 2 N–H and O–H groups in total. The van der Waals surface area contributed by atoms with Crippen LogP contribution >= 0.6 is 0 Å². The number of hydrogen-bond donors (Lipinski definition) is 1. The van der Waals surface area contributed by atoms with Crippen LogP contribution in [0.25, 0.3) is 0 Å². The van der Waals surface area contributed by atoms with E-state index < -0.39 is 17.7 Å². The number of rotatable bonds is 2. The SMILES string of the molecule is Cc1ccc(F)c(C(N)c2ccc3c(c2)CCO3)c1F. The molecule has 0 fully saturated rings. The van der Waals surface area contributed by atoms with Gasteiger partial charge in [0, 0.05) is 12.0 Å². The number of fused-ring (bicyclic) bond motifs is 1. The van der Waals surface area contributed by atoms with Gasteiger partial charge in [-0.25, -0.2) is 8.78 Å². The Hall–Kier alpha value is -1.94. The molecule has 0 spiro atoms. The summed E-state index contributed by atoms with van der Waals surface area (Å²) in [5, 5.41) is 0. The third-order valence-electron chi connectivity index (χ3n) is 3.70. The highest BCUT2D eigenvalue weighted by atomic mass is 19.1. The Morgan fingerprint density at radius 1 is 1.20 bits per heavy atom. The summed E-state index contributed by atoms with van der Waals surface area (Å²) in [6, 6.07) is 7.29. The predicted molar refractivity (Wildman–Crippen MR) is 72.8 cm³/mol. The predicted octanol–water partition coefficient (Wildman–Crippen LogP) is 3.26. The van der Waals surface area contributed by atoms with Crippen LogP contribution < -0.4 is 10.5 Å². The van der Waals surface area contributed by atoms with E-state index in [1.807, 2.05) is 12.1 Å². The molecule has 0 aromatic heterocycles. The Balaban J connectivity index is 2.05. The van der Waals surface area contributed by atoms with Crippen LogP contribution in [0, 0.1) is 18.6 Å². The van der Waals surface area contributed by atoms with Crippen LogP contribution in [0.5, 0.6) is 5.75 Å². The first-order valence-electron chi connectivity index (χ1n) is 6.53. The molecule has 104 valence electrons. The lowest BCUT2D eigenvalue weighted by Gasteiger charge is -2.16. The molecular weight excluding hydrogens is 260 g/mol. The molecule has 0 amide bonds. The Morgan fingerprint density at radius 2 is 2.00 bits per heavy atom. The van der Waals surface area contributed by atoms with Gasteiger partial charge >= 0.3 is 0 Å². The minimum absolute atomic E-state index is 0.0798. The molecule has 0 bridgehead atoms. The zero-order chi connectivity index (χ0) is 14.3. The lowest BCUT2D eigenvalue weighted by molar-refractivity contribution is 0.357. The third kappa shape index (κ3) is 2.06. The molecule has 20 heavy (non-hydrogen) atoms. The summed E-state index contributed by atoms with van der Waals surface area (Å²) in [6.45, 7) is 2.24. The summed E-state index contributed by atoms with van der Waals surface area (Å²) in [6.07, 6.45) is 0.800. The number of halogens is 2. The van der Waals surface area contributed by atoms with Crippen molar-refractivity contribution in [2.24, 2.45) is 5.73 Å². The van der Waals surface area contributed by atoms with Crippen molar-refractivity contribution in [3.05, 3.63) is 64.2 Å². The van der Waals surface area contributed by atoms with Crippen LogP contribution in [-0.2, 0) is 6.42 Å². The molecule has 4 heteroatoms. The summed E-state index contributed by atoms with van der Waals surface area (Å²) < 4.78 is 33.4. The molecule has 0 radical (unpaired) electrons. The second-order valence-corrected chi connectivity index (χ2v) is 5.04. The van der Waals surface area contributed by atoms with E-state index in [4.69, 9.17) is 10.5 Å². The zero-order valence-electron chi connectivity index (χ0n) is 11.1. The van der Waals surface area contributed by atoms with Crippen molar-refractivity contribution in [3.8, 4) is 5.75 Å². The number of benzene rings is 2. The van der Waals surface area contributed by atoms with E-state index >= 15 is 0 Å². The molecule has 3 rings (SSSR count). The largest absolute Gasteiger partial charge is 0.493 e. The van der Waals surface area contributed by atoms with Crippen LogP contribution in [0.2, 0.25) is 0 Å². The zero-order valence-corrected chi connectivity index (χ0v) is 11.1. The maximum atomic E-state index is 14.1. The Labute approximate surface area is 116 Å². The van der Waals surface area contributed by atoms with E-state index in [-0.39, 0.29) is 5.56 Å². The van der Waals surface area contributed by atoms with Gasteiger partial charge in [-0.1, -0.05) is 18.2 Å². The van der Waals surface area contributed by atoms with Gasteiger partial charge in [0.15, 0.2) is 0 Å². The average Bonchev–Trinajstić information content (AvgIpc) is 2.90. The van der Waals surface area contributed by atoms with Crippen molar-refractivity contribution in [3.63, 3.8) is 0 Å². The van der Waals surface area contributed by atoms with Gasteiger partial charge in [0.25, 0.3) is 0 Å². The van der Waals surface area contributed by atoms with Crippen molar-refractivity contribution in [1.29, 1.82) is 0 Å². The molecule has 1 atom stereocenters. The summed E-state index contributed by atoms with van der Waals surface area (Å²) in [5.41, 5.74) is 8.10. The number of aryl methyl sites for hydroxylation is 1. The van der Waals surface area contributed by atoms with Gasteiger partial charge in [-0.15, -0.1) is 0 Å². The van der Waals surface area contributed by atoms with Crippen molar-refractivity contribution in [1.82, 2.24) is 0 Å². The normalized spacial score (nSPS) is 14.8. The van der Waals surface area contributed by atoms with Crippen molar-refractivity contribution < 1.29 is 13.5 Å². The topological polar surface area (TPSA) is 35.2 Å². The number of hydrogen-bond acceptors (Lipinski definition) is 2.